The number of aromatic nitrogens is 2. The minimum absolute atomic E-state index is 0.125. The zero-order chi connectivity index (χ0) is 22.6. The summed E-state index contributed by atoms with van der Waals surface area (Å²) in [6.45, 7) is 0.334. The maximum absolute atomic E-state index is 13.4. The first-order valence-electron chi connectivity index (χ1n) is 10.7. The lowest BCUT2D eigenvalue weighted by Crippen LogP contribution is -2.31. The number of hydrogen-bond acceptors (Lipinski definition) is 6. The summed E-state index contributed by atoms with van der Waals surface area (Å²) in [5.74, 6) is 0.743. The number of benzene rings is 3. The lowest BCUT2D eigenvalue weighted by atomic mass is 10.0. The van der Waals surface area contributed by atoms with Crippen molar-refractivity contribution in [3.8, 4) is 22.5 Å². The summed E-state index contributed by atoms with van der Waals surface area (Å²) >= 11 is 0. The second-order valence-electron chi connectivity index (χ2n) is 7.76. The average molecular weight is 438 g/mol. The first-order valence-corrected chi connectivity index (χ1v) is 10.7. The first kappa shape index (κ1) is 20.6. The fraction of sp³-hybridized carbons (Fsp3) is 0.154. The van der Waals surface area contributed by atoms with Crippen LogP contribution in [0.25, 0.3) is 22.5 Å². The van der Waals surface area contributed by atoms with Gasteiger partial charge in [0.15, 0.2) is 0 Å². The van der Waals surface area contributed by atoms with Crippen molar-refractivity contribution in [2.24, 2.45) is 5.16 Å². The molecule has 0 spiro atoms. The SMILES string of the molecule is CON=C1C[C@@H](c2nc(-c3ccccc3)no2)N(C(=O)c2ccc(-c3ccccc3)cc2)C1. The summed E-state index contributed by atoms with van der Waals surface area (Å²) in [5.41, 5.74) is 4.34. The maximum Gasteiger partial charge on any atom is 0.254 e. The Kier molecular flexibility index (Phi) is 5.68. The van der Waals surface area contributed by atoms with Crippen molar-refractivity contribution >= 4 is 11.6 Å². The lowest BCUT2D eigenvalue weighted by Gasteiger charge is -2.21. The molecule has 0 aliphatic carbocycles. The molecule has 4 aromatic rings. The number of likely N-dealkylation sites (tertiary alicyclic amines) is 1. The van der Waals surface area contributed by atoms with Gasteiger partial charge in [-0.2, -0.15) is 4.98 Å². The van der Waals surface area contributed by atoms with Gasteiger partial charge in [-0.3, -0.25) is 4.79 Å². The molecule has 0 unspecified atom stereocenters. The van der Waals surface area contributed by atoms with Gasteiger partial charge in [-0.05, 0) is 23.3 Å². The largest absolute Gasteiger partial charge is 0.399 e. The zero-order valence-corrected chi connectivity index (χ0v) is 18.1. The predicted octanol–water partition coefficient (Wildman–Crippen LogP) is 4.99. The van der Waals surface area contributed by atoms with Crippen molar-refractivity contribution in [1.29, 1.82) is 0 Å². The van der Waals surface area contributed by atoms with Gasteiger partial charge in [0.2, 0.25) is 11.7 Å². The monoisotopic (exact) mass is 438 g/mol. The van der Waals surface area contributed by atoms with Crippen molar-refractivity contribution < 1.29 is 14.2 Å². The molecular weight excluding hydrogens is 416 g/mol. The number of rotatable bonds is 5. The molecule has 164 valence electrons. The van der Waals surface area contributed by atoms with E-state index in [0.29, 0.717) is 30.2 Å². The average Bonchev–Trinajstić information content (AvgIpc) is 3.53. The smallest absolute Gasteiger partial charge is 0.254 e. The summed E-state index contributed by atoms with van der Waals surface area (Å²) in [6, 6.07) is 26.8. The highest BCUT2D eigenvalue weighted by molar-refractivity contribution is 6.00. The second kappa shape index (κ2) is 9.08. The molecule has 5 rings (SSSR count). The highest BCUT2D eigenvalue weighted by atomic mass is 16.6. The van der Waals surface area contributed by atoms with Crippen LogP contribution in [0.15, 0.2) is 94.6 Å². The van der Waals surface area contributed by atoms with Crippen LogP contribution in [-0.2, 0) is 4.84 Å². The van der Waals surface area contributed by atoms with Gasteiger partial charge in [-0.1, -0.05) is 83.1 Å². The summed E-state index contributed by atoms with van der Waals surface area (Å²) in [7, 11) is 1.50. The standard InChI is InChI=1S/C26H22N4O3/c1-32-28-22-16-23(25-27-24(29-33-25)20-10-6-3-7-11-20)30(17-22)26(31)21-14-12-19(13-15-21)18-8-4-2-5-9-18/h2-15,23H,16-17H2,1H3/t23-/m0/s1. The highest BCUT2D eigenvalue weighted by Crippen LogP contribution is 2.33. The van der Waals surface area contributed by atoms with E-state index in [1.54, 1.807) is 4.90 Å². The van der Waals surface area contributed by atoms with Crippen molar-refractivity contribution in [3.05, 3.63) is 96.4 Å². The third kappa shape index (κ3) is 4.25. The van der Waals surface area contributed by atoms with Crippen molar-refractivity contribution in [2.75, 3.05) is 13.7 Å². The van der Waals surface area contributed by atoms with Crippen LogP contribution < -0.4 is 0 Å². The fourth-order valence-corrected chi connectivity index (χ4v) is 4.01. The van der Waals surface area contributed by atoms with E-state index >= 15 is 0 Å². The molecule has 1 fully saturated rings. The number of nitrogens with zero attached hydrogens (tertiary/aromatic N) is 4. The van der Waals surface area contributed by atoms with E-state index < -0.39 is 6.04 Å². The zero-order valence-electron chi connectivity index (χ0n) is 18.1. The first-order chi connectivity index (χ1) is 16.2. The van der Waals surface area contributed by atoms with Crippen molar-refractivity contribution in [1.82, 2.24) is 15.0 Å². The van der Waals surface area contributed by atoms with Gasteiger partial charge in [0.1, 0.15) is 13.2 Å². The van der Waals surface area contributed by atoms with Gasteiger partial charge in [0, 0.05) is 17.5 Å². The Morgan fingerprint density at radius 1 is 0.939 bits per heavy atom. The van der Waals surface area contributed by atoms with E-state index in [4.69, 9.17) is 9.36 Å². The Bertz CT molecular complexity index is 1270. The van der Waals surface area contributed by atoms with Crippen molar-refractivity contribution in [3.63, 3.8) is 0 Å². The topological polar surface area (TPSA) is 80.8 Å². The van der Waals surface area contributed by atoms with E-state index in [9.17, 15) is 4.79 Å². The Labute approximate surface area is 191 Å². The van der Waals surface area contributed by atoms with Gasteiger partial charge in [-0.15, -0.1) is 0 Å². The molecule has 7 heteroatoms. The van der Waals surface area contributed by atoms with Crippen molar-refractivity contribution in [2.45, 2.75) is 12.5 Å². The second-order valence-corrected chi connectivity index (χ2v) is 7.76. The van der Waals surface area contributed by atoms with Gasteiger partial charge in [0.05, 0.1) is 12.3 Å². The molecule has 2 heterocycles. The molecule has 7 nitrogen and oxygen atoms in total. The highest BCUT2D eigenvalue weighted by Gasteiger charge is 2.38. The summed E-state index contributed by atoms with van der Waals surface area (Å²) in [6.07, 6.45) is 0.470. The number of carbonyl (C=O) groups is 1. The van der Waals surface area contributed by atoms with E-state index in [0.717, 1.165) is 22.4 Å². The van der Waals surface area contributed by atoms with Crippen LogP contribution in [0.2, 0.25) is 0 Å². The van der Waals surface area contributed by atoms with Crippen LogP contribution in [0.1, 0.15) is 28.7 Å². The predicted molar refractivity (Wildman–Crippen MR) is 124 cm³/mol. The summed E-state index contributed by atoms with van der Waals surface area (Å²) < 4.78 is 5.57. The Morgan fingerprint density at radius 2 is 1.58 bits per heavy atom. The van der Waals surface area contributed by atoms with E-state index in [1.807, 2.05) is 84.9 Å². The molecule has 1 aliphatic rings. The quantitative estimate of drug-likeness (QED) is 0.410. The van der Waals surface area contributed by atoms with Crippen LogP contribution in [0.4, 0.5) is 0 Å². The number of oxime groups is 1. The molecule has 0 saturated carbocycles. The van der Waals surface area contributed by atoms with Gasteiger partial charge < -0.3 is 14.3 Å². The Hall–Kier alpha value is -4.26. The molecule has 1 amide bonds. The summed E-state index contributed by atoms with van der Waals surface area (Å²) in [5, 5.41) is 8.20. The molecule has 0 radical (unpaired) electrons. The van der Waals surface area contributed by atoms with E-state index in [1.165, 1.54) is 7.11 Å². The van der Waals surface area contributed by atoms with Crippen LogP contribution in [-0.4, -0.2) is 40.3 Å². The fourth-order valence-electron chi connectivity index (χ4n) is 4.01. The minimum atomic E-state index is -0.412. The molecule has 1 saturated heterocycles. The van der Waals surface area contributed by atoms with Crippen LogP contribution in [0, 0.1) is 0 Å². The summed E-state index contributed by atoms with van der Waals surface area (Å²) in [4.78, 5) is 24.7. The van der Waals surface area contributed by atoms with E-state index in [-0.39, 0.29) is 5.91 Å². The van der Waals surface area contributed by atoms with E-state index in [2.05, 4.69) is 15.3 Å². The van der Waals surface area contributed by atoms with Crippen LogP contribution in [0.3, 0.4) is 0 Å². The normalized spacial score (nSPS) is 16.8. The molecular formula is C26H22N4O3. The molecule has 1 aromatic heterocycles. The Morgan fingerprint density at radius 3 is 2.24 bits per heavy atom. The molecule has 0 bridgehead atoms. The minimum Gasteiger partial charge on any atom is -0.399 e. The third-order valence-corrected chi connectivity index (χ3v) is 5.64. The molecule has 3 aromatic carbocycles. The number of amides is 1. The van der Waals surface area contributed by atoms with Crippen LogP contribution >= 0.6 is 0 Å². The molecule has 0 N–H and O–H groups in total. The van der Waals surface area contributed by atoms with Gasteiger partial charge in [-0.25, -0.2) is 0 Å². The lowest BCUT2D eigenvalue weighted by molar-refractivity contribution is 0.0713. The maximum atomic E-state index is 13.4. The molecule has 33 heavy (non-hydrogen) atoms. The third-order valence-electron chi connectivity index (χ3n) is 5.64. The molecule has 1 aliphatic heterocycles. The molecule has 1 atom stereocenters. The van der Waals surface area contributed by atoms with Crippen LogP contribution in [0.5, 0.6) is 0 Å². The van der Waals surface area contributed by atoms with Gasteiger partial charge in [0.25, 0.3) is 5.91 Å². The number of hydrogen-bond donors (Lipinski definition) is 0. The number of carbonyl (C=O) groups excluding carboxylic acids is 1. The Balaban J connectivity index is 1.42. The van der Waals surface area contributed by atoms with Gasteiger partial charge >= 0.3 is 0 Å².